The number of nitrogens with one attached hydrogen (secondary N) is 1. The van der Waals surface area contributed by atoms with Crippen LogP contribution in [0.4, 0.5) is 11.4 Å². The second-order valence-corrected chi connectivity index (χ2v) is 8.78. The molecule has 1 atom stereocenters. The summed E-state index contributed by atoms with van der Waals surface area (Å²) in [7, 11) is 0. The Morgan fingerprint density at radius 1 is 1.17 bits per heavy atom. The van der Waals surface area contributed by atoms with Gasteiger partial charge in [-0.2, -0.15) is 0 Å². The number of amidine groups is 2. The van der Waals surface area contributed by atoms with Crippen LogP contribution >= 0.6 is 11.8 Å². The molecule has 0 aromatic heterocycles. The standard InChI is InChI=1S/C23H24N4O2S/c1-14(2)12-19-22(29)27-21(25-19)16-9-5-7-11-18(16)26-23(27)30-13-20(28)24-17-10-6-4-8-15(17)3/h4-11,14,19H,12-13H2,1-3H3,(H,24,28)/t19-/m1/s1. The Morgan fingerprint density at radius 2 is 1.90 bits per heavy atom. The summed E-state index contributed by atoms with van der Waals surface area (Å²) in [6, 6.07) is 14.9. The van der Waals surface area contributed by atoms with Crippen molar-refractivity contribution in [1.29, 1.82) is 0 Å². The van der Waals surface area contributed by atoms with Crippen LogP contribution in [0.3, 0.4) is 0 Å². The van der Waals surface area contributed by atoms with Crippen molar-refractivity contribution in [1.82, 2.24) is 4.90 Å². The lowest BCUT2D eigenvalue weighted by Gasteiger charge is -2.25. The Bertz CT molecular complexity index is 1060. The summed E-state index contributed by atoms with van der Waals surface area (Å²) in [5.74, 6) is 0.936. The van der Waals surface area contributed by atoms with E-state index in [4.69, 9.17) is 4.99 Å². The summed E-state index contributed by atoms with van der Waals surface area (Å²) >= 11 is 1.26. The molecule has 0 fully saturated rings. The van der Waals surface area contributed by atoms with Crippen molar-refractivity contribution in [3.05, 3.63) is 59.7 Å². The Hall–Kier alpha value is -2.93. The topological polar surface area (TPSA) is 74.1 Å². The zero-order valence-corrected chi connectivity index (χ0v) is 18.1. The molecule has 154 valence electrons. The largest absolute Gasteiger partial charge is 0.325 e. The number of benzene rings is 2. The predicted octanol–water partition coefficient (Wildman–Crippen LogP) is 4.37. The number of carbonyl (C=O) groups excluding carboxylic acids is 2. The smallest absolute Gasteiger partial charge is 0.259 e. The number of rotatable bonds is 5. The molecule has 0 unspecified atom stereocenters. The molecular formula is C23H24N4O2S. The van der Waals surface area contributed by atoms with Crippen molar-refractivity contribution < 1.29 is 9.59 Å². The van der Waals surface area contributed by atoms with Crippen molar-refractivity contribution in [2.75, 3.05) is 11.1 Å². The normalized spacial score (nSPS) is 17.4. The highest BCUT2D eigenvalue weighted by Gasteiger charge is 2.41. The molecular weight excluding hydrogens is 396 g/mol. The number of aryl methyl sites for hydroxylation is 1. The van der Waals surface area contributed by atoms with Crippen LogP contribution < -0.4 is 5.32 Å². The zero-order chi connectivity index (χ0) is 21.3. The third-order valence-corrected chi connectivity index (χ3v) is 5.93. The average Bonchev–Trinajstić information content (AvgIpc) is 3.04. The van der Waals surface area contributed by atoms with Gasteiger partial charge in [-0.15, -0.1) is 0 Å². The maximum Gasteiger partial charge on any atom is 0.259 e. The van der Waals surface area contributed by atoms with Gasteiger partial charge in [-0.05, 0) is 43.0 Å². The second kappa shape index (κ2) is 8.44. The van der Waals surface area contributed by atoms with Crippen LogP contribution in [-0.2, 0) is 9.59 Å². The molecule has 2 aliphatic heterocycles. The van der Waals surface area contributed by atoms with Crippen LogP contribution in [0.2, 0.25) is 0 Å². The van der Waals surface area contributed by atoms with Crippen LogP contribution in [0.5, 0.6) is 0 Å². The number of para-hydroxylation sites is 2. The third kappa shape index (κ3) is 4.03. The molecule has 7 heteroatoms. The molecule has 0 saturated heterocycles. The summed E-state index contributed by atoms with van der Waals surface area (Å²) in [5.41, 5.74) is 3.41. The molecule has 0 aliphatic carbocycles. The highest BCUT2D eigenvalue weighted by molar-refractivity contribution is 8.14. The molecule has 0 saturated carbocycles. The van der Waals surface area contributed by atoms with E-state index in [1.54, 1.807) is 4.90 Å². The first-order valence-electron chi connectivity index (χ1n) is 10.0. The Kier molecular flexibility index (Phi) is 5.72. The average molecular weight is 421 g/mol. The lowest BCUT2D eigenvalue weighted by molar-refractivity contribution is -0.125. The van der Waals surface area contributed by atoms with Crippen LogP contribution in [0, 0.1) is 12.8 Å². The number of thioether (sulfide) groups is 1. The van der Waals surface area contributed by atoms with E-state index in [-0.39, 0.29) is 17.6 Å². The summed E-state index contributed by atoms with van der Waals surface area (Å²) in [6.45, 7) is 6.11. The number of amides is 2. The molecule has 1 N–H and O–H groups in total. The number of aliphatic imine (C=N–C) groups is 2. The maximum absolute atomic E-state index is 13.1. The second-order valence-electron chi connectivity index (χ2n) is 7.84. The van der Waals surface area contributed by atoms with Gasteiger partial charge in [-0.25, -0.2) is 9.89 Å². The predicted molar refractivity (Wildman–Crippen MR) is 122 cm³/mol. The summed E-state index contributed by atoms with van der Waals surface area (Å²) in [5, 5.41) is 3.43. The SMILES string of the molecule is Cc1ccccc1NC(=O)CSC1=Nc2ccccc2C2=N[C@H](CC(C)C)C(=O)N12. The van der Waals surface area contributed by atoms with Gasteiger partial charge >= 0.3 is 0 Å². The quantitative estimate of drug-likeness (QED) is 0.780. The number of anilines is 1. The van der Waals surface area contributed by atoms with Crippen molar-refractivity contribution >= 4 is 46.0 Å². The van der Waals surface area contributed by atoms with Crippen molar-refractivity contribution in [3.8, 4) is 0 Å². The van der Waals surface area contributed by atoms with E-state index in [9.17, 15) is 9.59 Å². The first-order chi connectivity index (χ1) is 14.4. The van der Waals surface area contributed by atoms with Gasteiger partial charge in [0.15, 0.2) is 5.17 Å². The molecule has 4 rings (SSSR count). The lowest BCUT2D eigenvalue weighted by Crippen LogP contribution is -2.41. The summed E-state index contributed by atoms with van der Waals surface area (Å²) in [4.78, 5) is 36.6. The number of hydrogen-bond acceptors (Lipinski definition) is 5. The number of hydrogen-bond donors (Lipinski definition) is 1. The first-order valence-corrected chi connectivity index (χ1v) is 11.0. The minimum absolute atomic E-state index is 0.0706. The first kappa shape index (κ1) is 20.3. The van der Waals surface area contributed by atoms with Crippen LogP contribution in [-0.4, -0.2) is 39.5 Å². The summed E-state index contributed by atoms with van der Waals surface area (Å²) in [6.07, 6.45) is 0.687. The van der Waals surface area contributed by atoms with E-state index < -0.39 is 6.04 Å². The Morgan fingerprint density at radius 3 is 2.67 bits per heavy atom. The Labute approximate surface area is 180 Å². The van der Waals surface area contributed by atoms with Gasteiger partial charge in [-0.1, -0.05) is 55.9 Å². The molecule has 2 aromatic rings. The fraction of sp³-hybridized carbons (Fsp3) is 0.304. The molecule has 2 aromatic carbocycles. The Balaban J connectivity index is 1.55. The molecule has 0 spiro atoms. The van der Waals surface area contributed by atoms with Crippen LogP contribution in [0.1, 0.15) is 31.4 Å². The molecule has 2 aliphatic rings. The van der Waals surface area contributed by atoms with Crippen LogP contribution in [0.15, 0.2) is 58.5 Å². The van der Waals surface area contributed by atoms with E-state index in [0.29, 0.717) is 23.3 Å². The third-order valence-electron chi connectivity index (χ3n) is 4.99. The van der Waals surface area contributed by atoms with Crippen LogP contribution in [0.25, 0.3) is 0 Å². The molecule has 0 bridgehead atoms. The van der Waals surface area contributed by atoms with Gasteiger partial charge in [0.05, 0.1) is 11.4 Å². The molecule has 6 nitrogen and oxygen atoms in total. The van der Waals surface area contributed by atoms with E-state index in [1.165, 1.54) is 11.8 Å². The number of nitrogens with zero attached hydrogens (tertiary/aromatic N) is 3. The number of carbonyl (C=O) groups is 2. The number of fused-ring (bicyclic) bond motifs is 3. The lowest BCUT2D eigenvalue weighted by atomic mass is 10.0. The molecule has 0 radical (unpaired) electrons. The highest BCUT2D eigenvalue weighted by atomic mass is 32.2. The van der Waals surface area contributed by atoms with E-state index in [0.717, 1.165) is 22.5 Å². The van der Waals surface area contributed by atoms with Crippen molar-refractivity contribution in [2.24, 2.45) is 15.9 Å². The molecule has 2 amide bonds. The van der Waals surface area contributed by atoms with Gasteiger partial charge in [0.1, 0.15) is 11.9 Å². The zero-order valence-electron chi connectivity index (χ0n) is 17.3. The van der Waals surface area contributed by atoms with Crippen molar-refractivity contribution in [2.45, 2.75) is 33.2 Å². The monoisotopic (exact) mass is 420 g/mol. The van der Waals surface area contributed by atoms with Gasteiger partial charge in [0.2, 0.25) is 5.91 Å². The molecule has 30 heavy (non-hydrogen) atoms. The van der Waals surface area contributed by atoms with Gasteiger partial charge in [-0.3, -0.25) is 14.6 Å². The maximum atomic E-state index is 13.1. The summed E-state index contributed by atoms with van der Waals surface area (Å²) < 4.78 is 0. The van der Waals surface area contributed by atoms with E-state index in [2.05, 4.69) is 24.2 Å². The minimum Gasteiger partial charge on any atom is -0.325 e. The van der Waals surface area contributed by atoms with E-state index in [1.807, 2.05) is 55.5 Å². The van der Waals surface area contributed by atoms with E-state index >= 15 is 0 Å². The minimum atomic E-state index is -0.405. The fourth-order valence-corrected chi connectivity index (χ4v) is 4.33. The van der Waals surface area contributed by atoms with Gasteiger partial charge in [0.25, 0.3) is 5.91 Å². The fourth-order valence-electron chi connectivity index (χ4n) is 3.53. The van der Waals surface area contributed by atoms with Crippen molar-refractivity contribution in [3.63, 3.8) is 0 Å². The highest BCUT2D eigenvalue weighted by Crippen LogP contribution is 2.34. The van der Waals surface area contributed by atoms with Gasteiger partial charge in [0, 0.05) is 11.3 Å². The van der Waals surface area contributed by atoms with Gasteiger partial charge < -0.3 is 5.32 Å². The molecule has 2 heterocycles.